The Bertz CT molecular complexity index is 275. The Hall–Kier alpha value is -0.570. The van der Waals surface area contributed by atoms with Gasteiger partial charge in [0.15, 0.2) is 5.13 Å². The van der Waals surface area contributed by atoms with E-state index >= 15 is 0 Å². The van der Waals surface area contributed by atoms with Crippen LogP contribution in [-0.2, 0) is 0 Å². The van der Waals surface area contributed by atoms with Crippen molar-refractivity contribution >= 4 is 16.5 Å². The molecule has 1 heterocycles. The molecule has 0 radical (unpaired) electrons. The van der Waals surface area contributed by atoms with Crippen molar-refractivity contribution in [1.82, 2.24) is 4.98 Å². The van der Waals surface area contributed by atoms with Crippen LogP contribution in [0.25, 0.3) is 0 Å². The van der Waals surface area contributed by atoms with Gasteiger partial charge >= 0.3 is 0 Å². The summed E-state index contributed by atoms with van der Waals surface area (Å²) in [5, 5.41) is 1.20. The van der Waals surface area contributed by atoms with Crippen molar-refractivity contribution < 1.29 is 0 Å². The molecule has 0 amide bonds. The molecule has 86 valence electrons. The summed E-state index contributed by atoms with van der Waals surface area (Å²) in [4.78, 5) is 8.31. The van der Waals surface area contributed by atoms with Gasteiger partial charge in [0.1, 0.15) is 0 Å². The van der Waals surface area contributed by atoms with Crippen LogP contribution in [-0.4, -0.2) is 18.1 Å². The highest BCUT2D eigenvalue weighted by Gasteiger charge is 2.10. The van der Waals surface area contributed by atoms with Crippen LogP contribution in [0.2, 0.25) is 0 Å². The molecule has 0 aliphatic carbocycles. The van der Waals surface area contributed by atoms with Crippen LogP contribution in [0.15, 0.2) is 6.20 Å². The van der Waals surface area contributed by atoms with Gasteiger partial charge in [-0.15, -0.1) is 11.3 Å². The summed E-state index contributed by atoms with van der Waals surface area (Å²) in [6.45, 7) is 11.1. The fourth-order valence-electron chi connectivity index (χ4n) is 1.53. The molecule has 0 aliphatic rings. The summed E-state index contributed by atoms with van der Waals surface area (Å²) in [5.74, 6) is 0.598. The fourth-order valence-corrected chi connectivity index (χ4v) is 2.50. The first-order valence-corrected chi connectivity index (χ1v) is 6.71. The Balaban J connectivity index is 2.72. The zero-order valence-corrected chi connectivity index (χ0v) is 11.1. The third kappa shape index (κ3) is 3.49. The van der Waals surface area contributed by atoms with Gasteiger partial charge in [0.05, 0.1) is 0 Å². The molecule has 0 saturated heterocycles. The van der Waals surface area contributed by atoms with Crippen molar-refractivity contribution in [2.45, 2.75) is 46.5 Å². The van der Waals surface area contributed by atoms with E-state index < -0.39 is 0 Å². The van der Waals surface area contributed by atoms with Gasteiger partial charge in [-0.2, -0.15) is 0 Å². The lowest BCUT2D eigenvalue weighted by atomic mass is 10.2. The molecule has 0 fully saturated rings. The van der Waals surface area contributed by atoms with Crippen molar-refractivity contribution in [2.24, 2.45) is 0 Å². The van der Waals surface area contributed by atoms with Crippen molar-refractivity contribution in [3.63, 3.8) is 0 Å². The second-order valence-electron chi connectivity index (χ2n) is 4.19. The van der Waals surface area contributed by atoms with Crippen LogP contribution in [0.5, 0.6) is 0 Å². The maximum atomic E-state index is 4.52. The maximum Gasteiger partial charge on any atom is 0.185 e. The topological polar surface area (TPSA) is 16.1 Å². The third-order valence-electron chi connectivity index (χ3n) is 2.34. The Labute approximate surface area is 97.3 Å². The van der Waals surface area contributed by atoms with Crippen LogP contribution in [0, 0.1) is 0 Å². The molecule has 15 heavy (non-hydrogen) atoms. The number of hydrogen-bond donors (Lipinski definition) is 0. The summed E-state index contributed by atoms with van der Waals surface area (Å²) in [7, 11) is 0. The van der Waals surface area contributed by atoms with Gasteiger partial charge in [-0.05, 0) is 18.8 Å². The zero-order valence-electron chi connectivity index (χ0n) is 10.3. The van der Waals surface area contributed by atoms with E-state index in [1.165, 1.54) is 22.9 Å². The normalized spacial score (nSPS) is 11.0. The molecule has 1 aromatic rings. The van der Waals surface area contributed by atoms with Crippen molar-refractivity contribution in [3.8, 4) is 0 Å². The first-order chi connectivity index (χ1) is 7.19. The van der Waals surface area contributed by atoms with E-state index in [0.29, 0.717) is 5.92 Å². The van der Waals surface area contributed by atoms with Gasteiger partial charge in [0.2, 0.25) is 0 Å². The monoisotopic (exact) mass is 226 g/mol. The molecular formula is C12H22N2S. The quantitative estimate of drug-likeness (QED) is 0.731. The van der Waals surface area contributed by atoms with E-state index in [1.807, 2.05) is 17.5 Å². The predicted molar refractivity (Wildman–Crippen MR) is 69.0 cm³/mol. The number of aromatic nitrogens is 1. The van der Waals surface area contributed by atoms with Gasteiger partial charge in [0.25, 0.3) is 0 Å². The van der Waals surface area contributed by atoms with Gasteiger partial charge in [0, 0.05) is 24.2 Å². The first kappa shape index (κ1) is 12.5. The molecule has 0 bridgehead atoms. The standard InChI is InChI=1S/C12H22N2S/c1-5-7-14(8-6-2)12-13-9-11(15-12)10(3)4/h9-10H,5-8H2,1-4H3. The molecule has 0 spiro atoms. The SMILES string of the molecule is CCCN(CCC)c1ncc(C(C)C)s1. The Kier molecular flexibility index (Phi) is 5.09. The van der Waals surface area contributed by atoms with Crippen LogP contribution < -0.4 is 4.90 Å². The summed E-state index contributed by atoms with van der Waals surface area (Å²) in [6, 6.07) is 0. The molecular weight excluding hydrogens is 204 g/mol. The minimum Gasteiger partial charge on any atom is -0.348 e. The van der Waals surface area contributed by atoms with Crippen molar-refractivity contribution in [3.05, 3.63) is 11.1 Å². The Morgan fingerprint density at radius 1 is 1.27 bits per heavy atom. The van der Waals surface area contributed by atoms with E-state index in [0.717, 1.165) is 13.1 Å². The predicted octanol–water partition coefficient (Wildman–Crippen LogP) is 3.89. The fraction of sp³-hybridized carbons (Fsp3) is 0.750. The Morgan fingerprint density at radius 3 is 2.27 bits per heavy atom. The smallest absolute Gasteiger partial charge is 0.185 e. The minimum atomic E-state index is 0.598. The summed E-state index contributed by atoms with van der Waals surface area (Å²) < 4.78 is 0. The van der Waals surface area contributed by atoms with E-state index in [2.05, 4.69) is 37.6 Å². The molecule has 0 aromatic carbocycles. The number of thiazole rings is 1. The van der Waals surface area contributed by atoms with Crippen molar-refractivity contribution in [2.75, 3.05) is 18.0 Å². The van der Waals surface area contributed by atoms with E-state index in [-0.39, 0.29) is 0 Å². The molecule has 0 saturated carbocycles. The van der Waals surface area contributed by atoms with Gasteiger partial charge < -0.3 is 4.90 Å². The second kappa shape index (κ2) is 6.11. The number of rotatable bonds is 6. The summed E-state index contributed by atoms with van der Waals surface area (Å²) >= 11 is 1.84. The van der Waals surface area contributed by atoms with Gasteiger partial charge in [-0.25, -0.2) is 4.98 Å². The highest BCUT2D eigenvalue weighted by molar-refractivity contribution is 7.15. The third-order valence-corrected chi connectivity index (χ3v) is 3.70. The van der Waals surface area contributed by atoms with Crippen LogP contribution in [0.1, 0.15) is 51.3 Å². The molecule has 0 atom stereocenters. The molecule has 0 N–H and O–H groups in total. The molecule has 0 unspecified atom stereocenters. The van der Waals surface area contributed by atoms with E-state index in [9.17, 15) is 0 Å². The van der Waals surface area contributed by atoms with E-state index in [4.69, 9.17) is 0 Å². The molecule has 2 nitrogen and oxygen atoms in total. The van der Waals surface area contributed by atoms with Crippen LogP contribution >= 0.6 is 11.3 Å². The highest BCUT2D eigenvalue weighted by atomic mass is 32.1. The number of anilines is 1. The van der Waals surface area contributed by atoms with Crippen LogP contribution in [0.3, 0.4) is 0 Å². The largest absolute Gasteiger partial charge is 0.348 e. The number of hydrogen-bond acceptors (Lipinski definition) is 3. The zero-order chi connectivity index (χ0) is 11.3. The van der Waals surface area contributed by atoms with Crippen LogP contribution in [0.4, 0.5) is 5.13 Å². The first-order valence-electron chi connectivity index (χ1n) is 5.89. The second-order valence-corrected chi connectivity index (χ2v) is 5.23. The average Bonchev–Trinajstić information content (AvgIpc) is 2.66. The highest BCUT2D eigenvalue weighted by Crippen LogP contribution is 2.28. The van der Waals surface area contributed by atoms with Crippen molar-refractivity contribution in [1.29, 1.82) is 0 Å². The molecule has 1 aromatic heterocycles. The van der Waals surface area contributed by atoms with Gasteiger partial charge in [-0.1, -0.05) is 27.7 Å². The molecule has 1 rings (SSSR count). The molecule has 0 aliphatic heterocycles. The minimum absolute atomic E-state index is 0.598. The van der Waals surface area contributed by atoms with E-state index in [1.54, 1.807) is 0 Å². The lowest BCUT2D eigenvalue weighted by molar-refractivity contribution is 0.742. The summed E-state index contributed by atoms with van der Waals surface area (Å²) in [6.07, 6.45) is 4.41. The Morgan fingerprint density at radius 2 is 1.87 bits per heavy atom. The lowest BCUT2D eigenvalue weighted by Gasteiger charge is -2.19. The number of nitrogens with zero attached hydrogens (tertiary/aromatic N) is 2. The van der Waals surface area contributed by atoms with Gasteiger partial charge in [-0.3, -0.25) is 0 Å². The average molecular weight is 226 g/mol. The molecule has 3 heteroatoms. The maximum absolute atomic E-state index is 4.52. The lowest BCUT2D eigenvalue weighted by Crippen LogP contribution is -2.24. The summed E-state index contributed by atoms with van der Waals surface area (Å²) in [5.41, 5.74) is 0.